The lowest BCUT2D eigenvalue weighted by Gasteiger charge is -2.18. The van der Waals surface area contributed by atoms with Crippen molar-refractivity contribution in [2.45, 2.75) is 24.8 Å². The minimum absolute atomic E-state index is 0.0425. The highest BCUT2D eigenvalue weighted by atomic mass is 16.5. The highest BCUT2D eigenvalue weighted by Gasteiger charge is 2.52. The van der Waals surface area contributed by atoms with Crippen LogP contribution >= 0.6 is 0 Å². The highest BCUT2D eigenvalue weighted by Crippen LogP contribution is 2.51. The molecule has 1 saturated carbocycles. The molecule has 132 valence electrons. The molecule has 2 heterocycles. The van der Waals surface area contributed by atoms with Crippen LogP contribution in [-0.4, -0.2) is 18.0 Å². The summed E-state index contributed by atoms with van der Waals surface area (Å²) in [5, 5.41) is 3.05. The summed E-state index contributed by atoms with van der Waals surface area (Å²) >= 11 is 0. The number of pyridine rings is 1. The predicted octanol–water partition coefficient (Wildman–Crippen LogP) is 3.70. The van der Waals surface area contributed by atoms with E-state index >= 15 is 0 Å². The fourth-order valence-corrected chi connectivity index (χ4v) is 3.25. The van der Waals surface area contributed by atoms with E-state index in [1.165, 1.54) is 0 Å². The van der Waals surface area contributed by atoms with E-state index in [2.05, 4.69) is 10.3 Å². The fraction of sp³-hybridized carbons (Fsp3) is 0.238. The summed E-state index contributed by atoms with van der Waals surface area (Å²) in [6, 6.07) is 13.5. The second-order valence-corrected chi connectivity index (χ2v) is 6.53. The van der Waals surface area contributed by atoms with E-state index in [-0.39, 0.29) is 5.91 Å². The third-order valence-electron chi connectivity index (χ3n) is 4.90. The van der Waals surface area contributed by atoms with E-state index < -0.39 is 5.41 Å². The van der Waals surface area contributed by atoms with Gasteiger partial charge in [-0.05, 0) is 36.6 Å². The zero-order chi connectivity index (χ0) is 18.0. The van der Waals surface area contributed by atoms with Gasteiger partial charge < -0.3 is 14.5 Å². The van der Waals surface area contributed by atoms with Crippen LogP contribution in [0.1, 0.15) is 24.0 Å². The molecule has 0 saturated heterocycles. The summed E-state index contributed by atoms with van der Waals surface area (Å²) in [4.78, 5) is 17.3. The van der Waals surface area contributed by atoms with Gasteiger partial charge in [-0.2, -0.15) is 0 Å². The van der Waals surface area contributed by atoms with Crippen LogP contribution in [0.5, 0.6) is 5.75 Å². The zero-order valence-corrected chi connectivity index (χ0v) is 14.6. The molecule has 0 unspecified atom stereocenters. The van der Waals surface area contributed by atoms with Crippen molar-refractivity contribution in [3.8, 4) is 17.0 Å². The van der Waals surface area contributed by atoms with Gasteiger partial charge in [-0.25, -0.2) is 0 Å². The molecule has 0 spiro atoms. The van der Waals surface area contributed by atoms with Crippen LogP contribution in [-0.2, 0) is 16.8 Å². The van der Waals surface area contributed by atoms with E-state index in [9.17, 15) is 4.79 Å². The monoisotopic (exact) mass is 348 g/mol. The molecule has 1 fully saturated rings. The number of hydrogen-bond acceptors (Lipinski definition) is 4. The zero-order valence-electron chi connectivity index (χ0n) is 14.6. The van der Waals surface area contributed by atoms with Gasteiger partial charge in [0.15, 0.2) is 0 Å². The van der Waals surface area contributed by atoms with Gasteiger partial charge >= 0.3 is 0 Å². The first-order valence-electron chi connectivity index (χ1n) is 8.62. The summed E-state index contributed by atoms with van der Waals surface area (Å²) in [5.74, 6) is 0.812. The van der Waals surface area contributed by atoms with Crippen molar-refractivity contribution in [3.05, 3.63) is 72.3 Å². The number of carbonyl (C=O) groups excluding carboxylic acids is 1. The number of rotatable bonds is 6. The molecule has 5 nitrogen and oxygen atoms in total. The number of ether oxygens (including phenoxy) is 1. The Bertz CT molecular complexity index is 897. The summed E-state index contributed by atoms with van der Waals surface area (Å²) in [6.45, 7) is 0.453. The van der Waals surface area contributed by atoms with E-state index in [4.69, 9.17) is 9.15 Å². The van der Waals surface area contributed by atoms with Crippen LogP contribution in [0.2, 0.25) is 0 Å². The fourth-order valence-electron chi connectivity index (χ4n) is 3.25. The number of hydrogen-bond donors (Lipinski definition) is 1. The second kappa shape index (κ2) is 6.67. The molecule has 1 aliphatic rings. The quantitative estimate of drug-likeness (QED) is 0.738. The molecular weight excluding hydrogens is 328 g/mol. The van der Waals surface area contributed by atoms with Gasteiger partial charge in [-0.1, -0.05) is 24.3 Å². The number of aromatic nitrogens is 1. The van der Waals surface area contributed by atoms with Crippen LogP contribution < -0.4 is 10.1 Å². The molecule has 5 heteroatoms. The standard InChI is InChI=1S/C21H20N2O3/c1-25-19-5-3-2-4-17(19)21(9-10-21)20(24)23-13-15-6-7-18(22-12-15)16-8-11-26-14-16/h2-8,11-12,14H,9-10,13H2,1H3,(H,23,24). The normalized spacial score (nSPS) is 14.7. The van der Waals surface area contributed by atoms with Crippen LogP contribution in [0.4, 0.5) is 0 Å². The Hall–Kier alpha value is -3.08. The van der Waals surface area contributed by atoms with Gasteiger partial charge in [0.2, 0.25) is 5.91 Å². The Labute approximate surface area is 152 Å². The molecule has 0 aliphatic heterocycles. The second-order valence-electron chi connectivity index (χ2n) is 6.53. The predicted molar refractivity (Wildman–Crippen MR) is 97.7 cm³/mol. The Morgan fingerprint density at radius 2 is 2.08 bits per heavy atom. The Kier molecular flexibility index (Phi) is 4.21. The topological polar surface area (TPSA) is 64.4 Å². The van der Waals surface area contributed by atoms with Crippen LogP contribution in [0, 0.1) is 0 Å². The van der Waals surface area contributed by atoms with Crippen LogP contribution in [0.15, 0.2) is 65.6 Å². The first kappa shape index (κ1) is 16.4. The molecule has 3 aromatic rings. The third-order valence-corrected chi connectivity index (χ3v) is 4.90. The maximum Gasteiger partial charge on any atom is 0.231 e. The first-order chi connectivity index (χ1) is 12.7. The van der Waals surface area contributed by atoms with E-state index in [0.717, 1.165) is 41.0 Å². The number of nitrogens with zero attached hydrogens (tertiary/aromatic N) is 1. The Balaban J connectivity index is 1.44. The molecule has 26 heavy (non-hydrogen) atoms. The molecule has 1 N–H and O–H groups in total. The summed E-state index contributed by atoms with van der Waals surface area (Å²) < 4.78 is 10.5. The number of furan rings is 1. The number of methoxy groups -OCH3 is 1. The molecule has 1 aliphatic carbocycles. The molecule has 0 atom stereocenters. The van der Waals surface area contributed by atoms with Crippen molar-refractivity contribution < 1.29 is 13.9 Å². The maximum absolute atomic E-state index is 12.8. The molecule has 1 aromatic carbocycles. The first-order valence-corrected chi connectivity index (χ1v) is 8.62. The van der Waals surface area contributed by atoms with Gasteiger partial charge in [-0.15, -0.1) is 0 Å². The minimum atomic E-state index is -0.462. The number of benzene rings is 1. The summed E-state index contributed by atoms with van der Waals surface area (Å²) in [5.41, 5.74) is 3.25. The van der Waals surface area contributed by atoms with Crippen LogP contribution in [0.3, 0.4) is 0 Å². The average molecular weight is 348 g/mol. The molecule has 0 radical (unpaired) electrons. The molecule has 2 aromatic heterocycles. The maximum atomic E-state index is 12.8. The van der Waals surface area contributed by atoms with Crippen molar-refractivity contribution in [1.29, 1.82) is 0 Å². The smallest absolute Gasteiger partial charge is 0.231 e. The van der Waals surface area contributed by atoms with Crippen molar-refractivity contribution in [3.63, 3.8) is 0 Å². The summed E-state index contributed by atoms with van der Waals surface area (Å²) in [6.07, 6.45) is 6.75. The van der Waals surface area contributed by atoms with Gasteiger partial charge in [0.05, 0.1) is 30.7 Å². The lowest BCUT2D eigenvalue weighted by Crippen LogP contribution is -2.34. The largest absolute Gasteiger partial charge is 0.496 e. The number of amides is 1. The highest BCUT2D eigenvalue weighted by molar-refractivity contribution is 5.92. The molecule has 4 rings (SSSR count). The third kappa shape index (κ3) is 2.96. The van der Waals surface area contributed by atoms with Crippen molar-refractivity contribution >= 4 is 5.91 Å². The summed E-state index contributed by atoms with van der Waals surface area (Å²) in [7, 11) is 1.64. The Morgan fingerprint density at radius 1 is 1.23 bits per heavy atom. The van der Waals surface area contributed by atoms with E-state index in [1.54, 1.807) is 25.8 Å². The average Bonchev–Trinajstić information content (AvgIpc) is 3.32. The molecule has 1 amide bonds. The number of para-hydroxylation sites is 1. The van der Waals surface area contributed by atoms with Crippen LogP contribution in [0.25, 0.3) is 11.3 Å². The SMILES string of the molecule is COc1ccccc1C1(C(=O)NCc2ccc(-c3ccoc3)nc2)CC1. The van der Waals surface area contributed by atoms with Gasteiger partial charge in [0.25, 0.3) is 0 Å². The van der Waals surface area contributed by atoms with Crippen molar-refractivity contribution in [2.24, 2.45) is 0 Å². The molecule has 0 bridgehead atoms. The lowest BCUT2D eigenvalue weighted by molar-refractivity contribution is -0.123. The van der Waals surface area contributed by atoms with Gasteiger partial charge in [0.1, 0.15) is 5.75 Å². The minimum Gasteiger partial charge on any atom is -0.496 e. The number of carbonyl (C=O) groups is 1. The lowest BCUT2D eigenvalue weighted by atomic mass is 9.94. The Morgan fingerprint density at radius 3 is 2.73 bits per heavy atom. The van der Waals surface area contributed by atoms with E-state index in [1.807, 2.05) is 42.5 Å². The van der Waals surface area contributed by atoms with E-state index in [0.29, 0.717) is 6.54 Å². The number of nitrogens with one attached hydrogen (secondary N) is 1. The van der Waals surface area contributed by atoms with Gasteiger partial charge in [-0.3, -0.25) is 9.78 Å². The molecular formula is C21H20N2O3. The van der Waals surface area contributed by atoms with Gasteiger partial charge in [0, 0.05) is 23.9 Å². The van der Waals surface area contributed by atoms with Crippen molar-refractivity contribution in [1.82, 2.24) is 10.3 Å². The van der Waals surface area contributed by atoms with Crippen molar-refractivity contribution in [2.75, 3.05) is 7.11 Å².